The molecule has 1 unspecified atom stereocenters. The summed E-state index contributed by atoms with van der Waals surface area (Å²) in [5, 5.41) is 7.19. The Bertz CT molecular complexity index is 535. The summed E-state index contributed by atoms with van der Waals surface area (Å²) >= 11 is 0. The molecule has 2 aromatic rings. The molecule has 1 aromatic heterocycles. The summed E-state index contributed by atoms with van der Waals surface area (Å²) in [6.07, 6.45) is 4.43. The maximum absolute atomic E-state index is 11.1. The third-order valence-electron chi connectivity index (χ3n) is 3.08. The van der Waals surface area contributed by atoms with Crippen molar-refractivity contribution < 1.29 is 4.79 Å². The van der Waals surface area contributed by atoms with Crippen molar-refractivity contribution in [3.05, 3.63) is 42.7 Å². The van der Waals surface area contributed by atoms with Crippen molar-refractivity contribution in [1.82, 2.24) is 15.1 Å². The Labute approximate surface area is 112 Å². The molecule has 0 fully saturated rings. The molecule has 0 bridgehead atoms. The molecule has 0 aliphatic rings. The number of aromatic nitrogens is 2. The SMILES string of the molecule is CNC(CCn1cc(-c2ccccc2)cn1)C(N)=O. The van der Waals surface area contributed by atoms with Gasteiger partial charge in [-0.1, -0.05) is 30.3 Å². The summed E-state index contributed by atoms with van der Waals surface area (Å²) in [7, 11) is 1.73. The zero-order valence-electron chi connectivity index (χ0n) is 10.9. The predicted molar refractivity (Wildman–Crippen MR) is 74.3 cm³/mol. The van der Waals surface area contributed by atoms with Crippen molar-refractivity contribution in [2.24, 2.45) is 5.73 Å². The number of nitrogens with zero attached hydrogens (tertiary/aromatic N) is 2. The van der Waals surface area contributed by atoms with E-state index in [1.165, 1.54) is 0 Å². The van der Waals surface area contributed by atoms with Gasteiger partial charge in [-0.15, -0.1) is 0 Å². The van der Waals surface area contributed by atoms with Gasteiger partial charge >= 0.3 is 0 Å². The highest BCUT2D eigenvalue weighted by atomic mass is 16.1. The lowest BCUT2D eigenvalue weighted by molar-refractivity contribution is -0.120. The van der Waals surface area contributed by atoms with Gasteiger partial charge in [-0.2, -0.15) is 5.10 Å². The topological polar surface area (TPSA) is 72.9 Å². The van der Waals surface area contributed by atoms with Gasteiger partial charge in [-0.25, -0.2) is 0 Å². The number of aryl methyl sites for hydroxylation is 1. The Morgan fingerprint density at radius 3 is 2.74 bits per heavy atom. The number of carbonyl (C=O) groups excluding carboxylic acids is 1. The van der Waals surface area contributed by atoms with Gasteiger partial charge in [0.25, 0.3) is 0 Å². The largest absolute Gasteiger partial charge is 0.368 e. The number of carbonyl (C=O) groups is 1. The molecule has 0 saturated carbocycles. The fraction of sp³-hybridized carbons (Fsp3) is 0.286. The van der Waals surface area contributed by atoms with E-state index in [1.807, 2.05) is 47.4 Å². The zero-order chi connectivity index (χ0) is 13.7. The fourth-order valence-corrected chi connectivity index (χ4v) is 1.96. The first-order chi connectivity index (χ1) is 9.20. The van der Waals surface area contributed by atoms with E-state index in [-0.39, 0.29) is 11.9 Å². The van der Waals surface area contributed by atoms with E-state index in [2.05, 4.69) is 10.4 Å². The first kappa shape index (κ1) is 13.3. The Kier molecular flexibility index (Phi) is 4.30. The van der Waals surface area contributed by atoms with Crippen molar-refractivity contribution >= 4 is 5.91 Å². The van der Waals surface area contributed by atoms with Crippen LogP contribution in [0.4, 0.5) is 0 Å². The third-order valence-corrected chi connectivity index (χ3v) is 3.08. The molecule has 0 aliphatic heterocycles. The van der Waals surface area contributed by atoms with Gasteiger partial charge in [0.15, 0.2) is 0 Å². The minimum Gasteiger partial charge on any atom is -0.368 e. The molecule has 5 heteroatoms. The lowest BCUT2D eigenvalue weighted by Crippen LogP contribution is -2.39. The van der Waals surface area contributed by atoms with Gasteiger partial charge in [0.05, 0.1) is 12.2 Å². The molecular formula is C14H18N4O. The van der Waals surface area contributed by atoms with Crippen LogP contribution in [-0.4, -0.2) is 28.8 Å². The maximum atomic E-state index is 11.1. The monoisotopic (exact) mass is 258 g/mol. The molecular weight excluding hydrogens is 240 g/mol. The van der Waals surface area contributed by atoms with Gasteiger partial charge in [0, 0.05) is 18.3 Å². The summed E-state index contributed by atoms with van der Waals surface area (Å²) in [4.78, 5) is 11.1. The van der Waals surface area contributed by atoms with E-state index in [1.54, 1.807) is 7.05 Å². The quantitative estimate of drug-likeness (QED) is 0.812. The molecule has 1 amide bonds. The first-order valence-electron chi connectivity index (χ1n) is 6.25. The van der Waals surface area contributed by atoms with Crippen LogP contribution in [0.5, 0.6) is 0 Å². The molecule has 2 rings (SSSR count). The summed E-state index contributed by atoms with van der Waals surface area (Å²) in [5.41, 5.74) is 7.48. The number of nitrogens with one attached hydrogen (secondary N) is 1. The molecule has 0 saturated heterocycles. The van der Waals surface area contributed by atoms with Crippen LogP contribution in [0.3, 0.4) is 0 Å². The van der Waals surface area contributed by atoms with Gasteiger partial charge in [-0.3, -0.25) is 9.48 Å². The molecule has 100 valence electrons. The standard InChI is InChI=1S/C14H18N4O/c1-16-13(14(15)19)7-8-18-10-12(9-17-18)11-5-3-2-4-6-11/h2-6,9-10,13,16H,7-8H2,1H3,(H2,15,19). The first-order valence-corrected chi connectivity index (χ1v) is 6.25. The summed E-state index contributed by atoms with van der Waals surface area (Å²) in [5.74, 6) is -0.335. The summed E-state index contributed by atoms with van der Waals surface area (Å²) < 4.78 is 1.83. The van der Waals surface area contributed by atoms with Crippen molar-refractivity contribution in [2.45, 2.75) is 19.0 Å². The number of benzene rings is 1. The van der Waals surface area contributed by atoms with E-state index in [0.29, 0.717) is 13.0 Å². The van der Waals surface area contributed by atoms with Crippen LogP contribution in [-0.2, 0) is 11.3 Å². The van der Waals surface area contributed by atoms with Crippen LogP contribution in [0.2, 0.25) is 0 Å². The Balaban J connectivity index is 2.00. The molecule has 0 radical (unpaired) electrons. The smallest absolute Gasteiger partial charge is 0.234 e. The van der Waals surface area contributed by atoms with Crippen molar-refractivity contribution in [3.8, 4) is 11.1 Å². The molecule has 3 N–H and O–H groups in total. The Morgan fingerprint density at radius 2 is 2.11 bits per heavy atom. The number of hydrogen-bond donors (Lipinski definition) is 2. The van der Waals surface area contributed by atoms with E-state index in [0.717, 1.165) is 11.1 Å². The number of likely N-dealkylation sites (N-methyl/N-ethyl adjacent to an activating group) is 1. The molecule has 19 heavy (non-hydrogen) atoms. The summed E-state index contributed by atoms with van der Waals surface area (Å²) in [6.45, 7) is 0.654. The van der Waals surface area contributed by atoms with Crippen molar-refractivity contribution in [3.63, 3.8) is 0 Å². The van der Waals surface area contributed by atoms with Crippen LogP contribution >= 0.6 is 0 Å². The fourth-order valence-electron chi connectivity index (χ4n) is 1.96. The summed E-state index contributed by atoms with van der Waals surface area (Å²) in [6, 6.07) is 9.75. The van der Waals surface area contributed by atoms with Crippen LogP contribution in [0.25, 0.3) is 11.1 Å². The normalized spacial score (nSPS) is 12.3. The van der Waals surface area contributed by atoms with Gasteiger partial charge in [-0.05, 0) is 19.0 Å². The predicted octanol–water partition coefficient (Wildman–Crippen LogP) is 1.01. The highest BCUT2D eigenvalue weighted by Gasteiger charge is 2.12. The van der Waals surface area contributed by atoms with E-state index >= 15 is 0 Å². The van der Waals surface area contributed by atoms with Crippen LogP contribution in [0, 0.1) is 0 Å². The number of amides is 1. The number of rotatable bonds is 6. The van der Waals surface area contributed by atoms with E-state index in [9.17, 15) is 4.79 Å². The highest BCUT2D eigenvalue weighted by molar-refractivity contribution is 5.79. The molecule has 1 atom stereocenters. The zero-order valence-corrected chi connectivity index (χ0v) is 10.9. The minimum atomic E-state index is -0.335. The van der Waals surface area contributed by atoms with Gasteiger partial charge in [0.1, 0.15) is 0 Å². The average molecular weight is 258 g/mol. The second-order valence-corrected chi connectivity index (χ2v) is 4.39. The van der Waals surface area contributed by atoms with E-state index < -0.39 is 0 Å². The van der Waals surface area contributed by atoms with E-state index in [4.69, 9.17) is 5.73 Å². The number of nitrogens with two attached hydrogens (primary N) is 1. The molecule has 5 nitrogen and oxygen atoms in total. The molecule has 0 aliphatic carbocycles. The van der Waals surface area contributed by atoms with Crippen LogP contribution in [0.15, 0.2) is 42.7 Å². The number of hydrogen-bond acceptors (Lipinski definition) is 3. The lowest BCUT2D eigenvalue weighted by Gasteiger charge is -2.11. The van der Waals surface area contributed by atoms with Crippen LogP contribution in [0.1, 0.15) is 6.42 Å². The number of primary amides is 1. The average Bonchev–Trinajstić information content (AvgIpc) is 2.89. The Hall–Kier alpha value is -2.14. The molecule has 1 aromatic carbocycles. The second kappa shape index (κ2) is 6.15. The minimum absolute atomic E-state index is 0.315. The van der Waals surface area contributed by atoms with Crippen molar-refractivity contribution in [1.29, 1.82) is 0 Å². The van der Waals surface area contributed by atoms with Crippen LogP contribution < -0.4 is 11.1 Å². The second-order valence-electron chi connectivity index (χ2n) is 4.39. The molecule has 1 heterocycles. The lowest BCUT2D eigenvalue weighted by atomic mass is 10.1. The van der Waals surface area contributed by atoms with Gasteiger partial charge in [0.2, 0.25) is 5.91 Å². The van der Waals surface area contributed by atoms with Gasteiger partial charge < -0.3 is 11.1 Å². The Morgan fingerprint density at radius 1 is 1.37 bits per heavy atom. The maximum Gasteiger partial charge on any atom is 0.234 e. The molecule has 0 spiro atoms. The highest BCUT2D eigenvalue weighted by Crippen LogP contribution is 2.17. The third kappa shape index (κ3) is 3.42. The van der Waals surface area contributed by atoms with Crippen molar-refractivity contribution in [2.75, 3.05) is 7.05 Å².